The lowest BCUT2D eigenvalue weighted by Crippen LogP contribution is -2.34. The van der Waals surface area contributed by atoms with Crippen molar-refractivity contribution in [1.82, 2.24) is 9.88 Å². The van der Waals surface area contributed by atoms with Crippen molar-refractivity contribution in [2.24, 2.45) is 0 Å². The van der Waals surface area contributed by atoms with E-state index < -0.39 is 5.76 Å². The van der Waals surface area contributed by atoms with Crippen molar-refractivity contribution in [3.63, 3.8) is 0 Å². The summed E-state index contributed by atoms with van der Waals surface area (Å²) in [4.78, 5) is 24.0. The fourth-order valence-corrected chi connectivity index (χ4v) is 3.02. The highest BCUT2D eigenvalue weighted by molar-refractivity contribution is 5.76. The molecule has 1 unspecified atom stereocenters. The average Bonchev–Trinajstić information content (AvgIpc) is 2.92. The summed E-state index contributed by atoms with van der Waals surface area (Å²) in [6.07, 6.45) is 1.24. The first-order valence-electron chi connectivity index (χ1n) is 8.66. The molecule has 136 valence electrons. The van der Waals surface area contributed by atoms with Gasteiger partial charge in [0.15, 0.2) is 5.58 Å². The standard InChI is InChI=1S/C20H21FN2O3/c1-14(13-15-7-2-3-8-16(15)21)22-19(24)11-6-12-23-17-9-4-5-10-18(17)26-20(23)25/h2-5,7-10,14H,6,11-13H2,1H3,(H,22,24). The van der Waals surface area contributed by atoms with Crippen LogP contribution in [0.15, 0.2) is 57.7 Å². The first-order chi connectivity index (χ1) is 12.5. The number of fused-ring (bicyclic) bond motifs is 1. The molecule has 0 bridgehead atoms. The normalized spacial score (nSPS) is 12.2. The molecule has 0 fully saturated rings. The Hall–Kier alpha value is -2.89. The van der Waals surface area contributed by atoms with Gasteiger partial charge in [-0.2, -0.15) is 0 Å². The van der Waals surface area contributed by atoms with Crippen LogP contribution in [0.4, 0.5) is 4.39 Å². The summed E-state index contributed by atoms with van der Waals surface area (Å²) < 4.78 is 20.4. The fraction of sp³-hybridized carbons (Fsp3) is 0.300. The number of carbonyl (C=O) groups excluding carboxylic acids is 1. The molecule has 0 aliphatic heterocycles. The van der Waals surface area contributed by atoms with Crippen molar-refractivity contribution in [1.29, 1.82) is 0 Å². The van der Waals surface area contributed by atoms with Crippen molar-refractivity contribution in [3.8, 4) is 0 Å². The summed E-state index contributed by atoms with van der Waals surface area (Å²) in [6.45, 7) is 2.25. The quantitative estimate of drug-likeness (QED) is 0.707. The molecule has 2 aromatic carbocycles. The largest absolute Gasteiger partial charge is 0.419 e. The third-order valence-electron chi connectivity index (χ3n) is 4.25. The number of benzene rings is 2. The lowest BCUT2D eigenvalue weighted by atomic mass is 10.1. The van der Waals surface area contributed by atoms with E-state index in [1.807, 2.05) is 19.1 Å². The maximum atomic E-state index is 13.7. The highest BCUT2D eigenvalue weighted by Crippen LogP contribution is 2.13. The minimum atomic E-state index is -0.417. The van der Waals surface area contributed by atoms with Crippen molar-refractivity contribution in [3.05, 3.63) is 70.5 Å². The number of nitrogens with one attached hydrogen (secondary N) is 1. The van der Waals surface area contributed by atoms with Crippen LogP contribution in [-0.2, 0) is 17.8 Å². The second kappa shape index (κ2) is 7.99. The van der Waals surface area contributed by atoms with Crippen molar-refractivity contribution >= 4 is 17.0 Å². The molecule has 26 heavy (non-hydrogen) atoms. The number of carbonyl (C=O) groups is 1. The molecule has 5 nitrogen and oxygen atoms in total. The summed E-state index contributed by atoms with van der Waals surface area (Å²) in [7, 11) is 0. The number of rotatable bonds is 7. The van der Waals surface area contributed by atoms with Crippen LogP contribution in [0.2, 0.25) is 0 Å². The molecule has 3 aromatic rings. The summed E-state index contributed by atoms with van der Waals surface area (Å²) in [5.41, 5.74) is 1.85. The molecule has 0 spiro atoms. The van der Waals surface area contributed by atoms with E-state index in [4.69, 9.17) is 4.42 Å². The predicted octanol–water partition coefficient (Wildman–Crippen LogP) is 3.26. The monoisotopic (exact) mass is 356 g/mol. The van der Waals surface area contributed by atoms with Gasteiger partial charge in [-0.1, -0.05) is 30.3 Å². The molecule has 0 radical (unpaired) electrons. The van der Waals surface area contributed by atoms with E-state index in [1.54, 1.807) is 30.3 Å². The molecule has 1 N–H and O–H groups in total. The molecular formula is C20H21FN2O3. The van der Waals surface area contributed by atoms with E-state index in [1.165, 1.54) is 10.6 Å². The van der Waals surface area contributed by atoms with Crippen LogP contribution in [0.25, 0.3) is 11.1 Å². The van der Waals surface area contributed by atoms with Crippen LogP contribution < -0.4 is 11.1 Å². The van der Waals surface area contributed by atoms with Gasteiger partial charge in [0.2, 0.25) is 5.91 Å². The van der Waals surface area contributed by atoms with Gasteiger partial charge in [-0.3, -0.25) is 9.36 Å². The van der Waals surface area contributed by atoms with Gasteiger partial charge in [-0.25, -0.2) is 9.18 Å². The number of para-hydroxylation sites is 2. The third kappa shape index (κ3) is 4.20. The SMILES string of the molecule is CC(Cc1ccccc1F)NC(=O)CCCn1c(=O)oc2ccccc21. The predicted molar refractivity (Wildman–Crippen MR) is 97.4 cm³/mol. The summed E-state index contributed by atoms with van der Waals surface area (Å²) in [6, 6.07) is 13.6. The molecule has 6 heteroatoms. The average molecular weight is 356 g/mol. The highest BCUT2D eigenvalue weighted by Gasteiger charge is 2.12. The van der Waals surface area contributed by atoms with E-state index in [0.29, 0.717) is 30.5 Å². The lowest BCUT2D eigenvalue weighted by Gasteiger charge is -2.14. The van der Waals surface area contributed by atoms with E-state index in [0.717, 1.165) is 5.52 Å². The van der Waals surface area contributed by atoms with Gasteiger partial charge < -0.3 is 9.73 Å². The number of amides is 1. The first-order valence-corrected chi connectivity index (χ1v) is 8.66. The van der Waals surface area contributed by atoms with Crippen LogP contribution >= 0.6 is 0 Å². The molecule has 1 heterocycles. The maximum absolute atomic E-state index is 13.7. The smallest absolute Gasteiger partial charge is 0.408 e. The van der Waals surface area contributed by atoms with Crippen LogP contribution in [0.1, 0.15) is 25.3 Å². The van der Waals surface area contributed by atoms with Crippen molar-refractivity contribution in [2.75, 3.05) is 0 Å². The second-order valence-corrected chi connectivity index (χ2v) is 6.35. The van der Waals surface area contributed by atoms with Crippen molar-refractivity contribution < 1.29 is 13.6 Å². The van der Waals surface area contributed by atoms with Gasteiger partial charge >= 0.3 is 5.76 Å². The fourth-order valence-electron chi connectivity index (χ4n) is 3.02. The summed E-state index contributed by atoms with van der Waals surface area (Å²) in [5, 5.41) is 2.87. The number of halogens is 1. The Kier molecular flexibility index (Phi) is 5.51. The van der Waals surface area contributed by atoms with Gasteiger partial charge in [-0.05, 0) is 43.5 Å². The van der Waals surface area contributed by atoms with Gasteiger partial charge in [0.1, 0.15) is 5.82 Å². The Morgan fingerprint density at radius 2 is 1.92 bits per heavy atom. The minimum Gasteiger partial charge on any atom is -0.408 e. The van der Waals surface area contributed by atoms with Crippen LogP contribution in [0.5, 0.6) is 0 Å². The van der Waals surface area contributed by atoms with Crippen LogP contribution in [0, 0.1) is 5.82 Å². The van der Waals surface area contributed by atoms with E-state index in [2.05, 4.69) is 5.32 Å². The van der Waals surface area contributed by atoms with Gasteiger partial charge in [0.25, 0.3) is 0 Å². The lowest BCUT2D eigenvalue weighted by molar-refractivity contribution is -0.121. The Labute approximate surface area is 150 Å². The molecule has 0 aliphatic rings. The Morgan fingerprint density at radius 3 is 2.73 bits per heavy atom. The molecule has 1 amide bonds. The summed E-state index contributed by atoms with van der Waals surface area (Å²) >= 11 is 0. The van der Waals surface area contributed by atoms with E-state index in [9.17, 15) is 14.0 Å². The molecule has 3 rings (SSSR count). The zero-order valence-electron chi connectivity index (χ0n) is 14.6. The number of hydrogen-bond donors (Lipinski definition) is 1. The Bertz CT molecular complexity index is 961. The number of aryl methyl sites for hydroxylation is 1. The van der Waals surface area contributed by atoms with Crippen LogP contribution in [0.3, 0.4) is 0 Å². The third-order valence-corrected chi connectivity index (χ3v) is 4.25. The topological polar surface area (TPSA) is 64.2 Å². The molecular weight excluding hydrogens is 335 g/mol. The zero-order chi connectivity index (χ0) is 18.5. The molecule has 1 atom stereocenters. The second-order valence-electron chi connectivity index (χ2n) is 6.35. The van der Waals surface area contributed by atoms with Gasteiger partial charge in [0, 0.05) is 19.0 Å². The zero-order valence-corrected chi connectivity index (χ0v) is 14.6. The first kappa shape index (κ1) is 17.9. The highest BCUT2D eigenvalue weighted by atomic mass is 19.1. The van der Waals surface area contributed by atoms with E-state index >= 15 is 0 Å². The molecule has 1 aromatic heterocycles. The minimum absolute atomic E-state index is 0.116. The number of nitrogens with zero attached hydrogens (tertiary/aromatic N) is 1. The Balaban J connectivity index is 1.50. The number of aromatic nitrogens is 1. The van der Waals surface area contributed by atoms with Gasteiger partial charge in [0.05, 0.1) is 5.52 Å². The van der Waals surface area contributed by atoms with E-state index in [-0.39, 0.29) is 24.2 Å². The Morgan fingerprint density at radius 1 is 1.19 bits per heavy atom. The van der Waals surface area contributed by atoms with Crippen LogP contribution in [-0.4, -0.2) is 16.5 Å². The number of hydrogen-bond acceptors (Lipinski definition) is 3. The molecule has 0 saturated carbocycles. The number of oxazole rings is 1. The molecule has 0 saturated heterocycles. The maximum Gasteiger partial charge on any atom is 0.419 e. The van der Waals surface area contributed by atoms with Gasteiger partial charge in [-0.15, -0.1) is 0 Å². The summed E-state index contributed by atoms with van der Waals surface area (Å²) in [5.74, 6) is -0.797. The van der Waals surface area contributed by atoms with Crippen molar-refractivity contribution in [2.45, 2.75) is 38.8 Å². The molecule has 0 aliphatic carbocycles.